The van der Waals surface area contributed by atoms with Crippen LogP contribution < -0.4 is 4.74 Å². The molecule has 0 aromatic heterocycles. The minimum atomic E-state index is -3.11. The number of hydrogen-bond donors (Lipinski definition) is 0. The van der Waals surface area contributed by atoms with E-state index < -0.39 is 6.80 Å². The van der Waals surface area contributed by atoms with E-state index in [4.69, 9.17) is 13.8 Å². The molecule has 0 aliphatic heterocycles. The van der Waals surface area contributed by atoms with E-state index in [2.05, 4.69) is 0 Å². The predicted molar refractivity (Wildman–Crippen MR) is 69.7 cm³/mol. The van der Waals surface area contributed by atoms with Gasteiger partial charge in [-0.15, -0.1) is 0 Å². The van der Waals surface area contributed by atoms with Gasteiger partial charge in [-0.2, -0.15) is 0 Å². The molecule has 0 fully saturated rings. The number of benzene rings is 1. The summed E-state index contributed by atoms with van der Waals surface area (Å²) in [5.74, 6) is 0.717. The molecule has 0 saturated carbocycles. The Bertz CT molecular complexity index is 387. The number of rotatable bonds is 7. The van der Waals surface area contributed by atoms with E-state index >= 15 is 0 Å². The standard InChI is InChI=1S/C11H17O4PS/c1-4-14-16(12,15-5-2)17-11-8-6-7-10(9-11)13-3/h6-9H,4-5H2,1-3H3. The number of hydrogen-bond acceptors (Lipinski definition) is 5. The Morgan fingerprint density at radius 3 is 2.41 bits per heavy atom. The molecule has 0 radical (unpaired) electrons. The lowest BCUT2D eigenvalue weighted by molar-refractivity contribution is 0.237. The molecule has 0 unspecified atom stereocenters. The maximum Gasteiger partial charge on any atom is 0.393 e. The largest absolute Gasteiger partial charge is 0.497 e. The van der Waals surface area contributed by atoms with Gasteiger partial charge in [-0.1, -0.05) is 6.07 Å². The van der Waals surface area contributed by atoms with Crippen LogP contribution in [0.3, 0.4) is 0 Å². The first kappa shape index (κ1) is 14.6. The Balaban J connectivity index is 2.81. The molecule has 96 valence electrons. The van der Waals surface area contributed by atoms with E-state index in [0.29, 0.717) is 13.2 Å². The third-order valence-corrected chi connectivity index (χ3v) is 5.61. The van der Waals surface area contributed by atoms with E-state index in [1.165, 1.54) is 0 Å². The topological polar surface area (TPSA) is 44.8 Å². The third-order valence-electron chi connectivity index (χ3n) is 1.83. The van der Waals surface area contributed by atoms with Crippen molar-refractivity contribution < 1.29 is 18.3 Å². The zero-order valence-electron chi connectivity index (χ0n) is 10.2. The fourth-order valence-corrected chi connectivity index (χ4v) is 4.64. The van der Waals surface area contributed by atoms with Crippen LogP contribution in [0.4, 0.5) is 0 Å². The van der Waals surface area contributed by atoms with E-state index in [9.17, 15) is 4.57 Å². The van der Waals surface area contributed by atoms with Gasteiger partial charge in [-0.05, 0) is 43.4 Å². The van der Waals surface area contributed by atoms with Gasteiger partial charge < -0.3 is 13.8 Å². The zero-order chi connectivity index (χ0) is 12.7. The van der Waals surface area contributed by atoms with Crippen LogP contribution in [0.15, 0.2) is 29.2 Å². The molecule has 1 aromatic rings. The van der Waals surface area contributed by atoms with Gasteiger partial charge in [0.15, 0.2) is 0 Å². The van der Waals surface area contributed by atoms with Crippen molar-refractivity contribution in [2.45, 2.75) is 18.7 Å². The molecule has 17 heavy (non-hydrogen) atoms. The Labute approximate surface area is 106 Å². The van der Waals surface area contributed by atoms with Crippen LogP contribution in [0.2, 0.25) is 0 Å². The Morgan fingerprint density at radius 2 is 1.88 bits per heavy atom. The number of ether oxygens (including phenoxy) is 1. The van der Waals surface area contributed by atoms with Gasteiger partial charge >= 0.3 is 6.80 Å². The fraction of sp³-hybridized carbons (Fsp3) is 0.455. The minimum Gasteiger partial charge on any atom is -0.497 e. The van der Waals surface area contributed by atoms with Gasteiger partial charge in [-0.25, -0.2) is 4.57 Å². The molecule has 0 aliphatic carbocycles. The van der Waals surface area contributed by atoms with Gasteiger partial charge in [-0.3, -0.25) is 0 Å². The predicted octanol–water partition coefficient (Wildman–Crippen LogP) is 3.97. The second-order valence-corrected chi connectivity index (χ2v) is 7.01. The SMILES string of the molecule is CCOP(=O)(OCC)Sc1cccc(OC)c1. The van der Waals surface area contributed by atoms with Crippen molar-refractivity contribution in [3.05, 3.63) is 24.3 Å². The van der Waals surface area contributed by atoms with Crippen molar-refractivity contribution in [2.75, 3.05) is 20.3 Å². The molecule has 0 aliphatic rings. The van der Waals surface area contributed by atoms with Crippen molar-refractivity contribution in [3.63, 3.8) is 0 Å². The summed E-state index contributed by atoms with van der Waals surface area (Å²) in [4.78, 5) is 0.801. The highest BCUT2D eigenvalue weighted by Crippen LogP contribution is 2.63. The Hall–Kier alpha value is -0.480. The zero-order valence-corrected chi connectivity index (χ0v) is 11.9. The van der Waals surface area contributed by atoms with Crippen molar-refractivity contribution in [1.82, 2.24) is 0 Å². The molecule has 1 rings (SSSR count). The fourth-order valence-electron chi connectivity index (χ4n) is 1.19. The lowest BCUT2D eigenvalue weighted by Crippen LogP contribution is -1.92. The molecule has 1 aromatic carbocycles. The van der Waals surface area contributed by atoms with E-state index in [1.54, 1.807) is 27.0 Å². The first-order valence-corrected chi connectivity index (χ1v) is 8.32. The average molecular weight is 276 g/mol. The van der Waals surface area contributed by atoms with Gasteiger partial charge in [0, 0.05) is 4.90 Å². The van der Waals surface area contributed by atoms with Gasteiger partial charge in [0.25, 0.3) is 0 Å². The monoisotopic (exact) mass is 276 g/mol. The molecule has 0 bridgehead atoms. The lowest BCUT2D eigenvalue weighted by atomic mass is 10.3. The van der Waals surface area contributed by atoms with E-state index in [1.807, 2.05) is 18.2 Å². The molecule has 0 atom stereocenters. The van der Waals surface area contributed by atoms with Crippen LogP contribution in [0.25, 0.3) is 0 Å². The summed E-state index contributed by atoms with van der Waals surface area (Å²) in [7, 11) is 1.59. The summed E-state index contributed by atoms with van der Waals surface area (Å²) >= 11 is 1.10. The minimum absolute atomic E-state index is 0.355. The lowest BCUT2D eigenvalue weighted by Gasteiger charge is -2.15. The second kappa shape index (κ2) is 7.07. The average Bonchev–Trinajstić information content (AvgIpc) is 2.29. The van der Waals surface area contributed by atoms with E-state index in [-0.39, 0.29) is 0 Å². The summed E-state index contributed by atoms with van der Waals surface area (Å²) < 4.78 is 27.8. The van der Waals surface area contributed by atoms with Crippen LogP contribution in [0, 0.1) is 0 Å². The summed E-state index contributed by atoms with van der Waals surface area (Å²) in [6.45, 7) is 1.18. The number of methoxy groups -OCH3 is 1. The quantitative estimate of drug-likeness (QED) is 0.705. The first-order chi connectivity index (χ1) is 8.13. The highest BCUT2D eigenvalue weighted by Gasteiger charge is 2.25. The van der Waals surface area contributed by atoms with Crippen LogP contribution in [-0.4, -0.2) is 20.3 Å². The smallest absolute Gasteiger partial charge is 0.393 e. The van der Waals surface area contributed by atoms with Crippen LogP contribution in [0.5, 0.6) is 5.75 Å². The summed E-state index contributed by atoms with van der Waals surface area (Å²) in [5.41, 5.74) is 0. The van der Waals surface area contributed by atoms with Gasteiger partial charge in [0.1, 0.15) is 5.75 Å². The Kier molecular flexibility index (Phi) is 6.06. The molecular formula is C11H17O4PS. The first-order valence-electron chi connectivity index (χ1n) is 5.36. The van der Waals surface area contributed by atoms with Gasteiger partial charge in [0.2, 0.25) is 0 Å². The highest BCUT2D eigenvalue weighted by molar-refractivity contribution is 8.55. The van der Waals surface area contributed by atoms with Crippen LogP contribution in [0.1, 0.15) is 13.8 Å². The normalized spacial score (nSPS) is 11.5. The second-order valence-electron chi connectivity index (χ2n) is 3.05. The van der Waals surface area contributed by atoms with Crippen molar-refractivity contribution in [1.29, 1.82) is 0 Å². The molecule has 0 amide bonds. The molecule has 0 N–H and O–H groups in total. The highest BCUT2D eigenvalue weighted by atomic mass is 32.7. The maximum absolute atomic E-state index is 12.3. The molecule has 4 nitrogen and oxygen atoms in total. The van der Waals surface area contributed by atoms with Crippen molar-refractivity contribution in [3.8, 4) is 5.75 Å². The van der Waals surface area contributed by atoms with Gasteiger partial charge in [0.05, 0.1) is 20.3 Å². The summed E-state index contributed by atoms with van der Waals surface area (Å²) in [6.07, 6.45) is 0. The molecule has 6 heteroatoms. The maximum atomic E-state index is 12.3. The van der Waals surface area contributed by atoms with Crippen molar-refractivity contribution in [2.24, 2.45) is 0 Å². The van der Waals surface area contributed by atoms with Crippen LogP contribution >= 0.6 is 18.2 Å². The molecule has 0 saturated heterocycles. The third kappa shape index (κ3) is 4.72. The summed E-state index contributed by atoms with van der Waals surface area (Å²) in [5, 5.41) is 0. The molecule has 0 heterocycles. The molecule has 0 spiro atoms. The Morgan fingerprint density at radius 1 is 1.24 bits per heavy atom. The van der Waals surface area contributed by atoms with Crippen molar-refractivity contribution >= 4 is 18.2 Å². The van der Waals surface area contributed by atoms with Crippen LogP contribution in [-0.2, 0) is 13.6 Å². The molecular weight excluding hydrogens is 259 g/mol. The summed E-state index contributed by atoms with van der Waals surface area (Å²) in [6, 6.07) is 7.31. The van der Waals surface area contributed by atoms with E-state index in [0.717, 1.165) is 22.0 Å².